The molecular weight excluding hydrogens is 483 g/mol. The van der Waals surface area contributed by atoms with Gasteiger partial charge in [-0.15, -0.1) is 0 Å². The molecule has 2 rings (SSSR count). The number of nitrogens with one attached hydrogen (secondary N) is 1. The van der Waals surface area contributed by atoms with Gasteiger partial charge in [-0.05, 0) is 0 Å². The minimum absolute atomic E-state index is 0.634. The number of aliphatic hydroxyl groups excluding tert-OH is 2. The molecule has 2 heterocycles. The number of phosphoric acid groups is 3. The Morgan fingerprint density at radius 1 is 1.13 bits per heavy atom. The van der Waals surface area contributed by atoms with Crippen LogP contribution in [0.1, 0.15) is 6.23 Å². The van der Waals surface area contributed by atoms with E-state index in [2.05, 4.69) is 13.1 Å². The number of aliphatic hydroxyl groups is 2. The van der Waals surface area contributed by atoms with Crippen molar-refractivity contribution in [2.75, 3.05) is 6.61 Å². The Balaban J connectivity index is 2.15. The smallest absolute Gasteiger partial charge is 0.386 e. The molecule has 9 N–H and O–H groups in total. The summed E-state index contributed by atoms with van der Waals surface area (Å²) in [5.41, 5.74) is 1.32. The third kappa shape index (κ3) is 6.23. The lowest BCUT2D eigenvalue weighted by atomic mass is 10.1. The van der Waals surface area contributed by atoms with E-state index in [9.17, 15) is 38.4 Å². The zero-order valence-electron chi connectivity index (χ0n) is 14.3. The van der Waals surface area contributed by atoms with Crippen LogP contribution in [0.4, 0.5) is 0 Å². The van der Waals surface area contributed by atoms with E-state index in [4.69, 9.17) is 25.2 Å². The molecule has 1 aromatic heterocycles. The SMILES string of the molecule is N[C@]1(COP(=O)(O)OP(=O)(O)OP(=O)(O)O)O[C@@H](n2ccc(=O)[nH]c2=O)[C@H](O)[C@@H]1O. The van der Waals surface area contributed by atoms with Crippen molar-refractivity contribution in [1.29, 1.82) is 0 Å². The van der Waals surface area contributed by atoms with E-state index in [0.717, 1.165) is 12.3 Å². The molecule has 0 aliphatic carbocycles. The Labute approximate surface area is 164 Å². The molecule has 0 spiro atoms. The molecule has 1 aliphatic heterocycles. The van der Waals surface area contributed by atoms with Crippen LogP contribution in [0, 0.1) is 0 Å². The predicted octanol–water partition coefficient (Wildman–Crippen LogP) is -3.21. The van der Waals surface area contributed by atoms with Gasteiger partial charge in [0.1, 0.15) is 18.8 Å². The molecule has 172 valence electrons. The average molecular weight is 499 g/mol. The Morgan fingerprint density at radius 3 is 2.27 bits per heavy atom. The summed E-state index contributed by atoms with van der Waals surface area (Å²) in [5, 5.41) is 20.1. The largest absolute Gasteiger partial charge is 0.490 e. The highest BCUT2D eigenvalue weighted by Crippen LogP contribution is 2.66. The molecule has 0 amide bonds. The van der Waals surface area contributed by atoms with Crippen molar-refractivity contribution in [2.24, 2.45) is 5.73 Å². The van der Waals surface area contributed by atoms with E-state index < -0.39 is 65.5 Å². The normalized spacial score (nSPS) is 31.2. The zero-order valence-corrected chi connectivity index (χ0v) is 17.0. The minimum atomic E-state index is -5.79. The topological polar surface area (TPSA) is 290 Å². The number of ether oxygens (including phenoxy) is 1. The van der Waals surface area contributed by atoms with Crippen LogP contribution >= 0.6 is 23.5 Å². The second-order valence-electron chi connectivity index (χ2n) is 5.78. The molecule has 30 heavy (non-hydrogen) atoms. The third-order valence-corrected chi connectivity index (χ3v) is 7.23. The fourth-order valence-corrected chi connectivity index (χ4v) is 5.32. The predicted molar refractivity (Wildman–Crippen MR) is 90.2 cm³/mol. The van der Waals surface area contributed by atoms with Crippen LogP contribution in [-0.2, 0) is 31.6 Å². The van der Waals surface area contributed by atoms with E-state index in [1.807, 2.05) is 4.98 Å². The van der Waals surface area contributed by atoms with Crippen molar-refractivity contribution in [1.82, 2.24) is 9.55 Å². The zero-order chi connectivity index (χ0) is 23.1. The van der Waals surface area contributed by atoms with Gasteiger partial charge in [-0.3, -0.25) is 24.6 Å². The van der Waals surface area contributed by atoms with Crippen molar-refractivity contribution in [2.45, 2.75) is 24.2 Å². The lowest BCUT2D eigenvalue weighted by molar-refractivity contribution is -0.123. The van der Waals surface area contributed by atoms with E-state index in [-0.39, 0.29) is 0 Å². The molecule has 0 aromatic carbocycles. The first-order chi connectivity index (χ1) is 13.4. The summed E-state index contributed by atoms with van der Waals surface area (Å²) in [5.74, 6) is 0. The number of aromatic nitrogens is 2. The van der Waals surface area contributed by atoms with E-state index in [0.29, 0.717) is 4.57 Å². The highest BCUT2D eigenvalue weighted by atomic mass is 31.3. The molecular formula is C9H16N3O15P3. The number of H-pyrrole nitrogens is 1. The van der Waals surface area contributed by atoms with Gasteiger partial charge < -0.3 is 34.5 Å². The van der Waals surface area contributed by atoms with E-state index in [1.165, 1.54) is 0 Å². The summed E-state index contributed by atoms with van der Waals surface area (Å²) in [7, 11) is -17.0. The lowest BCUT2D eigenvalue weighted by Crippen LogP contribution is -2.54. The van der Waals surface area contributed by atoms with Gasteiger partial charge in [0.2, 0.25) is 0 Å². The first-order valence-electron chi connectivity index (χ1n) is 7.37. The number of rotatable bonds is 8. The highest BCUT2D eigenvalue weighted by Gasteiger charge is 2.54. The van der Waals surface area contributed by atoms with Crippen molar-refractivity contribution in [3.8, 4) is 0 Å². The minimum Gasteiger partial charge on any atom is -0.386 e. The van der Waals surface area contributed by atoms with Crippen LogP contribution in [0.25, 0.3) is 0 Å². The lowest BCUT2D eigenvalue weighted by Gasteiger charge is -2.27. The van der Waals surface area contributed by atoms with Gasteiger partial charge in [-0.25, -0.2) is 18.5 Å². The second kappa shape index (κ2) is 8.46. The third-order valence-electron chi connectivity index (χ3n) is 3.45. The molecule has 0 saturated carbocycles. The van der Waals surface area contributed by atoms with Crippen LogP contribution in [0.5, 0.6) is 0 Å². The van der Waals surface area contributed by atoms with Crippen LogP contribution in [-0.4, -0.2) is 63.9 Å². The number of hydrogen-bond donors (Lipinski definition) is 8. The molecule has 21 heteroatoms. The molecule has 1 aliphatic rings. The summed E-state index contributed by atoms with van der Waals surface area (Å²) in [6, 6.07) is 0.881. The molecule has 6 atom stereocenters. The first kappa shape index (κ1) is 25.2. The van der Waals surface area contributed by atoms with Crippen molar-refractivity contribution in [3.63, 3.8) is 0 Å². The number of phosphoric ester groups is 1. The van der Waals surface area contributed by atoms with Gasteiger partial charge >= 0.3 is 29.2 Å². The molecule has 0 radical (unpaired) electrons. The van der Waals surface area contributed by atoms with Crippen molar-refractivity contribution in [3.05, 3.63) is 33.1 Å². The quantitative estimate of drug-likeness (QED) is 0.163. The van der Waals surface area contributed by atoms with E-state index >= 15 is 0 Å². The fraction of sp³-hybridized carbons (Fsp3) is 0.556. The monoisotopic (exact) mass is 499 g/mol. The van der Waals surface area contributed by atoms with Gasteiger partial charge in [-0.1, -0.05) is 0 Å². The van der Waals surface area contributed by atoms with Gasteiger partial charge in [-0.2, -0.15) is 8.62 Å². The Morgan fingerprint density at radius 2 is 1.73 bits per heavy atom. The number of hydrogen-bond acceptors (Lipinski definition) is 12. The van der Waals surface area contributed by atoms with Crippen LogP contribution in [0.3, 0.4) is 0 Å². The summed E-state index contributed by atoms with van der Waals surface area (Å²) < 4.78 is 50.6. The summed E-state index contributed by atoms with van der Waals surface area (Å²) in [6.45, 7) is -1.30. The molecule has 18 nitrogen and oxygen atoms in total. The number of nitrogens with two attached hydrogens (primary N) is 1. The van der Waals surface area contributed by atoms with Crippen LogP contribution in [0.2, 0.25) is 0 Å². The second-order valence-corrected chi connectivity index (χ2v) is 10.2. The fourth-order valence-electron chi connectivity index (χ4n) is 2.26. The Kier molecular flexibility index (Phi) is 7.10. The van der Waals surface area contributed by atoms with Gasteiger partial charge in [0, 0.05) is 12.3 Å². The summed E-state index contributed by atoms with van der Waals surface area (Å²) >= 11 is 0. The maximum Gasteiger partial charge on any atom is 0.490 e. The summed E-state index contributed by atoms with van der Waals surface area (Å²) in [4.78, 5) is 60.1. The van der Waals surface area contributed by atoms with Crippen molar-refractivity contribution < 1.29 is 61.4 Å². The average Bonchev–Trinajstić information content (AvgIpc) is 2.75. The van der Waals surface area contributed by atoms with Crippen molar-refractivity contribution >= 4 is 23.5 Å². The van der Waals surface area contributed by atoms with Gasteiger partial charge in [0.05, 0.1) is 0 Å². The number of nitrogens with zero attached hydrogens (tertiary/aromatic N) is 1. The maximum absolute atomic E-state index is 11.8. The molecule has 2 unspecified atom stereocenters. The van der Waals surface area contributed by atoms with E-state index in [1.54, 1.807) is 0 Å². The maximum atomic E-state index is 11.8. The van der Waals surface area contributed by atoms with Crippen LogP contribution in [0.15, 0.2) is 21.9 Å². The highest BCUT2D eigenvalue weighted by molar-refractivity contribution is 7.66. The van der Waals surface area contributed by atoms with Gasteiger partial charge in [0.25, 0.3) is 5.56 Å². The van der Waals surface area contributed by atoms with Gasteiger partial charge in [0.15, 0.2) is 12.0 Å². The molecule has 1 fully saturated rings. The Bertz CT molecular complexity index is 1050. The first-order valence-corrected chi connectivity index (χ1v) is 11.9. The Hall–Kier alpha value is -1.07. The summed E-state index contributed by atoms with van der Waals surface area (Å²) in [6.07, 6.45) is -4.77. The van der Waals surface area contributed by atoms with Crippen LogP contribution < -0.4 is 17.0 Å². The molecule has 1 aromatic rings. The molecule has 0 bridgehead atoms. The number of aromatic amines is 1. The molecule has 1 saturated heterocycles. The standard InChI is InChI=1S/C9H16N3O15P3/c10-9(3-24-29(20,21)27-30(22,23)26-28(17,18)19)6(15)5(14)7(25-9)12-2-1-4(13)11-8(12)16/h1-2,5-7,14-15H,3,10H2,(H,20,21)(H,22,23)(H,11,13,16)(H2,17,18,19)/t5-,6+,7-,9-/m1/s1.